The van der Waals surface area contributed by atoms with Crippen molar-refractivity contribution in [2.45, 2.75) is 26.7 Å². The van der Waals surface area contributed by atoms with Crippen LogP contribution in [0.1, 0.15) is 37.0 Å². The number of piperidine rings is 1. The van der Waals surface area contributed by atoms with E-state index in [1.807, 2.05) is 7.05 Å². The van der Waals surface area contributed by atoms with Gasteiger partial charge in [0.1, 0.15) is 5.56 Å². The summed E-state index contributed by atoms with van der Waals surface area (Å²) in [4.78, 5) is 18.0. The highest BCUT2D eigenvalue weighted by atomic mass is 16.4. The third kappa shape index (κ3) is 2.34. The highest BCUT2D eigenvalue weighted by Gasteiger charge is 2.29. The summed E-state index contributed by atoms with van der Waals surface area (Å²) in [5.41, 5.74) is 2.06. The monoisotopic (exact) mass is 288 g/mol. The first kappa shape index (κ1) is 13.9. The van der Waals surface area contributed by atoms with E-state index < -0.39 is 5.97 Å². The zero-order valence-electron chi connectivity index (χ0n) is 12.6. The molecule has 6 heteroatoms. The summed E-state index contributed by atoms with van der Waals surface area (Å²) >= 11 is 0. The maximum atomic E-state index is 11.5. The molecule has 1 aliphatic rings. The molecule has 0 radical (unpaired) electrons. The average Bonchev–Trinajstić information content (AvgIpc) is 2.80. The number of nitrogens with zero attached hydrogens (tertiary/aromatic N) is 4. The molecule has 2 aromatic rings. The van der Waals surface area contributed by atoms with Gasteiger partial charge in [-0.2, -0.15) is 5.10 Å². The number of anilines is 1. The fourth-order valence-corrected chi connectivity index (χ4v) is 2.92. The molecule has 3 rings (SSSR count). The zero-order valence-corrected chi connectivity index (χ0v) is 12.6. The minimum atomic E-state index is -0.937. The second-order valence-corrected chi connectivity index (χ2v) is 6.48. The summed E-state index contributed by atoms with van der Waals surface area (Å²) in [7, 11) is 1.82. The van der Waals surface area contributed by atoms with E-state index in [1.165, 1.54) is 6.20 Å². The van der Waals surface area contributed by atoms with E-state index in [4.69, 9.17) is 0 Å². The van der Waals surface area contributed by atoms with Gasteiger partial charge in [-0.3, -0.25) is 4.68 Å². The third-order valence-corrected chi connectivity index (χ3v) is 4.40. The minimum absolute atomic E-state index is 0.259. The van der Waals surface area contributed by atoms with Gasteiger partial charge in [-0.25, -0.2) is 9.78 Å². The molecule has 21 heavy (non-hydrogen) atoms. The number of aromatic nitrogens is 3. The number of carboxylic acid groups (broad SMARTS) is 1. The van der Waals surface area contributed by atoms with Crippen LogP contribution < -0.4 is 4.90 Å². The molecule has 0 amide bonds. The van der Waals surface area contributed by atoms with Gasteiger partial charge in [0.25, 0.3) is 0 Å². The van der Waals surface area contributed by atoms with Crippen LogP contribution in [-0.2, 0) is 7.05 Å². The number of hydrogen-bond acceptors (Lipinski definition) is 4. The van der Waals surface area contributed by atoms with Crippen molar-refractivity contribution >= 4 is 22.7 Å². The predicted molar refractivity (Wildman–Crippen MR) is 80.7 cm³/mol. The third-order valence-electron chi connectivity index (χ3n) is 4.40. The van der Waals surface area contributed by atoms with Crippen LogP contribution in [0, 0.1) is 5.41 Å². The minimum Gasteiger partial charge on any atom is -0.478 e. The van der Waals surface area contributed by atoms with Crippen molar-refractivity contribution in [3.63, 3.8) is 0 Å². The van der Waals surface area contributed by atoms with Crippen molar-refractivity contribution in [3.8, 4) is 0 Å². The molecule has 0 atom stereocenters. The summed E-state index contributed by atoms with van der Waals surface area (Å²) in [5, 5.41) is 14.5. The standard InChI is InChI=1S/C15H20N4O2/c1-15(2)4-6-19(7-5-15)12-10-9-17-18(3)13(10)16-8-11(12)14(20)21/h8-9H,4-7H2,1-3H3,(H,20,21). The Bertz CT molecular complexity index is 695. The molecule has 2 aromatic heterocycles. The van der Waals surface area contributed by atoms with E-state index in [0.29, 0.717) is 5.41 Å². The fraction of sp³-hybridized carbons (Fsp3) is 0.533. The molecule has 112 valence electrons. The van der Waals surface area contributed by atoms with Crippen LogP contribution in [0.25, 0.3) is 11.0 Å². The van der Waals surface area contributed by atoms with Crippen LogP contribution in [-0.4, -0.2) is 38.9 Å². The molecule has 0 unspecified atom stereocenters. The molecule has 1 N–H and O–H groups in total. The number of pyridine rings is 1. The van der Waals surface area contributed by atoms with Gasteiger partial charge in [-0.1, -0.05) is 13.8 Å². The van der Waals surface area contributed by atoms with E-state index in [-0.39, 0.29) is 5.56 Å². The molecule has 1 fully saturated rings. The number of fused-ring (bicyclic) bond motifs is 1. The fourth-order valence-electron chi connectivity index (χ4n) is 2.92. The second kappa shape index (κ2) is 4.72. The lowest BCUT2D eigenvalue weighted by Crippen LogP contribution is -2.38. The first-order chi connectivity index (χ1) is 9.89. The Hall–Kier alpha value is -2.11. The van der Waals surface area contributed by atoms with E-state index >= 15 is 0 Å². The first-order valence-electron chi connectivity index (χ1n) is 7.18. The van der Waals surface area contributed by atoms with Gasteiger partial charge in [-0.05, 0) is 18.3 Å². The number of carboxylic acids is 1. The Labute approximate surface area is 123 Å². The number of hydrogen-bond donors (Lipinski definition) is 1. The van der Waals surface area contributed by atoms with Crippen LogP contribution in [0.4, 0.5) is 5.69 Å². The van der Waals surface area contributed by atoms with Gasteiger partial charge in [0.15, 0.2) is 5.65 Å². The van der Waals surface area contributed by atoms with Crippen molar-refractivity contribution in [1.82, 2.24) is 14.8 Å². The lowest BCUT2D eigenvalue weighted by molar-refractivity contribution is 0.0697. The lowest BCUT2D eigenvalue weighted by atomic mass is 9.82. The molecule has 0 saturated carbocycles. The molecule has 0 bridgehead atoms. The Morgan fingerprint density at radius 1 is 1.29 bits per heavy atom. The van der Waals surface area contributed by atoms with E-state index in [0.717, 1.165) is 42.7 Å². The smallest absolute Gasteiger partial charge is 0.339 e. The maximum Gasteiger partial charge on any atom is 0.339 e. The van der Waals surface area contributed by atoms with Gasteiger partial charge in [0.05, 0.1) is 17.3 Å². The zero-order chi connectivity index (χ0) is 15.2. The van der Waals surface area contributed by atoms with Crippen LogP contribution >= 0.6 is 0 Å². The molecule has 3 heterocycles. The van der Waals surface area contributed by atoms with Crippen molar-refractivity contribution in [1.29, 1.82) is 0 Å². The largest absolute Gasteiger partial charge is 0.478 e. The number of rotatable bonds is 2. The summed E-state index contributed by atoms with van der Waals surface area (Å²) in [6, 6.07) is 0. The molecular formula is C15H20N4O2. The maximum absolute atomic E-state index is 11.5. The van der Waals surface area contributed by atoms with E-state index in [1.54, 1.807) is 10.9 Å². The van der Waals surface area contributed by atoms with Crippen LogP contribution in [0.5, 0.6) is 0 Å². The van der Waals surface area contributed by atoms with Crippen molar-refractivity contribution in [2.24, 2.45) is 12.5 Å². The van der Waals surface area contributed by atoms with Crippen LogP contribution in [0.3, 0.4) is 0 Å². The molecule has 0 aromatic carbocycles. The lowest BCUT2D eigenvalue weighted by Gasteiger charge is -2.38. The predicted octanol–water partition coefficient (Wildman–Crippen LogP) is 2.29. The Kier molecular flexibility index (Phi) is 3.11. The Morgan fingerprint density at radius 3 is 2.57 bits per heavy atom. The first-order valence-corrected chi connectivity index (χ1v) is 7.18. The summed E-state index contributed by atoms with van der Waals surface area (Å²) in [5.74, 6) is -0.937. The van der Waals surface area contributed by atoms with Crippen molar-refractivity contribution in [2.75, 3.05) is 18.0 Å². The summed E-state index contributed by atoms with van der Waals surface area (Å²) in [6.07, 6.45) is 5.26. The SMILES string of the molecule is Cn1ncc2c(N3CCC(C)(C)CC3)c(C(=O)O)cnc21. The average molecular weight is 288 g/mol. The van der Waals surface area contributed by atoms with Crippen molar-refractivity contribution < 1.29 is 9.90 Å². The quantitative estimate of drug-likeness (QED) is 0.918. The normalized spacial score (nSPS) is 18.1. The molecule has 6 nitrogen and oxygen atoms in total. The highest BCUT2D eigenvalue weighted by Crippen LogP contribution is 2.36. The number of aromatic carboxylic acids is 1. The summed E-state index contributed by atoms with van der Waals surface area (Å²) < 4.78 is 1.68. The molecule has 0 spiro atoms. The van der Waals surface area contributed by atoms with Gasteiger partial charge >= 0.3 is 5.97 Å². The van der Waals surface area contributed by atoms with Gasteiger partial charge < -0.3 is 10.0 Å². The number of carbonyl (C=O) groups is 1. The molecular weight excluding hydrogens is 268 g/mol. The second-order valence-electron chi connectivity index (χ2n) is 6.48. The Balaban J connectivity index is 2.11. The van der Waals surface area contributed by atoms with Gasteiger partial charge in [0.2, 0.25) is 0 Å². The van der Waals surface area contributed by atoms with E-state index in [9.17, 15) is 9.90 Å². The van der Waals surface area contributed by atoms with Gasteiger partial charge in [0, 0.05) is 26.3 Å². The number of aryl methyl sites for hydroxylation is 1. The van der Waals surface area contributed by atoms with Gasteiger partial charge in [-0.15, -0.1) is 0 Å². The topological polar surface area (TPSA) is 71.2 Å². The van der Waals surface area contributed by atoms with Crippen molar-refractivity contribution in [3.05, 3.63) is 18.0 Å². The van der Waals surface area contributed by atoms with E-state index in [2.05, 4.69) is 28.8 Å². The van der Waals surface area contributed by atoms with Crippen LogP contribution in [0.2, 0.25) is 0 Å². The molecule has 0 aliphatic carbocycles. The summed E-state index contributed by atoms with van der Waals surface area (Å²) in [6.45, 7) is 6.24. The Morgan fingerprint density at radius 2 is 1.95 bits per heavy atom. The molecule has 1 saturated heterocycles. The molecule has 1 aliphatic heterocycles. The van der Waals surface area contributed by atoms with Crippen LogP contribution in [0.15, 0.2) is 12.4 Å². The highest BCUT2D eigenvalue weighted by molar-refractivity contribution is 6.03.